The Kier molecular flexibility index (Phi) is 65.6. The Morgan fingerprint density at radius 3 is 0.641 bits per heavy atom. The zero-order valence-corrected chi connectivity index (χ0v) is 53.0. The third-order valence-electron chi connectivity index (χ3n) is 16.2. The van der Waals surface area contributed by atoms with E-state index in [-0.39, 0.29) is 31.1 Å². The van der Waals surface area contributed by atoms with Gasteiger partial charge in [0, 0.05) is 19.3 Å². The first kappa shape index (κ1) is 75.9. The summed E-state index contributed by atoms with van der Waals surface area (Å²) in [6.07, 6.45) is 82.0. The van der Waals surface area contributed by atoms with Crippen LogP contribution in [0.1, 0.15) is 400 Å². The molecule has 0 aliphatic rings. The molecule has 1 atom stereocenters. The SMILES string of the molecule is CCCCCCCC/C=C\CCCCCCCCCC(=O)OCC(COC(=O)CCCCCCCCCCCCCCCCCCCCCCCC)OC(=O)CCCCCCCCCCC/C=C\CCCCCCCCCC. The van der Waals surface area contributed by atoms with E-state index < -0.39 is 6.10 Å². The van der Waals surface area contributed by atoms with E-state index in [9.17, 15) is 14.4 Å². The predicted octanol–water partition coefficient (Wildman–Crippen LogP) is 24.2. The lowest BCUT2D eigenvalue weighted by molar-refractivity contribution is -0.167. The van der Waals surface area contributed by atoms with Crippen LogP contribution in [-0.4, -0.2) is 37.2 Å². The summed E-state index contributed by atoms with van der Waals surface area (Å²) < 4.78 is 17.0. The molecule has 6 nitrogen and oxygen atoms in total. The Morgan fingerprint density at radius 1 is 0.244 bits per heavy atom. The number of allylic oxidation sites excluding steroid dienone is 4. The normalized spacial score (nSPS) is 12.1. The summed E-state index contributed by atoms with van der Waals surface area (Å²) in [7, 11) is 0. The van der Waals surface area contributed by atoms with Crippen molar-refractivity contribution in [3.05, 3.63) is 24.3 Å². The Balaban J connectivity index is 4.30. The van der Waals surface area contributed by atoms with Gasteiger partial charge in [0.05, 0.1) is 0 Å². The minimum Gasteiger partial charge on any atom is -0.462 e. The molecule has 0 heterocycles. The maximum absolute atomic E-state index is 13.0. The first-order chi connectivity index (χ1) is 38.5. The molecule has 0 aliphatic heterocycles. The highest BCUT2D eigenvalue weighted by Crippen LogP contribution is 2.18. The summed E-state index contributed by atoms with van der Waals surface area (Å²) in [5.41, 5.74) is 0. The number of rotatable bonds is 66. The van der Waals surface area contributed by atoms with Gasteiger partial charge in [0.1, 0.15) is 13.2 Å². The molecule has 0 spiro atoms. The fraction of sp³-hybridized carbons (Fsp3) is 0.903. The van der Waals surface area contributed by atoms with E-state index in [1.54, 1.807) is 0 Å². The van der Waals surface area contributed by atoms with Gasteiger partial charge in [-0.2, -0.15) is 0 Å². The van der Waals surface area contributed by atoms with E-state index in [4.69, 9.17) is 14.2 Å². The highest BCUT2D eigenvalue weighted by atomic mass is 16.6. The van der Waals surface area contributed by atoms with Crippen molar-refractivity contribution in [2.45, 2.75) is 406 Å². The van der Waals surface area contributed by atoms with Crippen LogP contribution in [0.25, 0.3) is 0 Å². The molecule has 0 aromatic carbocycles. The number of ether oxygens (including phenoxy) is 3. The van der Waals surface area contributed by atoms with Gasteiger partial charge in [-0.05, 0) is 70.6 Å². The Bertz CT molecular complexity index is 1260. The zero-order chi connectivity index (χ0) is 56.4. The molecule has 0 fully saturated rings. The quantitative estimate of drug-likeness (QED) is 0.0261. The molecule has 0 saturated carbocycles. The largest absolute Gasteiger partial charge is 0.462 e. The van der Waals surface area contributed by atoms with Crippen molar-refractivity contribution >= 4 is 17.9 Å². The van der Waals surface area contributed by atoms with E-state index in [0.717, 1.165) is 57.8 Å². The maximum Gasteiger partial charge on any atom is 0.306 e. The average molecular weight is 1100 g/mol. The van der Waals surface area contributed by atoms with Gasteiger partial charge < -0.3 is 14.2 Å². The van der Waals surface area contributed by atoms with Gasteiger partial charge in [-0.25, -0.2) is 0 Å². The fourth-order valence-electron chi connectivity index (χ4n) is 10.8. The lowest BCUT2D eigenvalue weighted by atomic mass is 10.0. The molecule has 1 unspecified atom stereocenters. The van der Waals surface area contributed by atoms with E-state index >= 15 is 0 Å². The first-order valence-corrected chi connectivity index (χ1v) is 35.3. The summed E-state index contributed by atoms with van der Waals surface area (Å²) in [6, 6.07) is 0. The van der Waals surface area contributed by atoms with Crippen LogP contribution >= 0.6 is 0 Å². The molecule has 0 bridgehead atoms. The topological polar surface area (TPSA) is 78.9 Å². The van der Waals surface area contributed by atoms with Gasteiger partial charge >= 0.3 is 17.9 Å². The number of carbonyl (C=O) groups excluding carboxylic acids is 3. The molecule has 0 rings (SSSR count). The lowest BCUT2D eigenvalue weighted by Crippen LogP contribution is -2.30. The monoisotopic (exact) mass is 1100 g/mol. The zero-order valence-electron chi connectivity index (χ0n) is 53.0. The molecule has 0 aromatic heterocycles. The lowest BCUT2D eigenvalue weighted by Gasteiger charge is -2.18. The summed E-state index contributed by atoms with van der Waals surface area (Å²) in [5, 5.41) is 0. The molecule has 0 radical (unpaired) electrons. The maximum atomic E-state index is 13.0. The van der Waals surface area contributed by atoms with E-state index in [2.05, 4.69) is 45.1 Å². The van der Waals surface area contributed by atoms with Crippen molar-refractivity contribution in [1.82, 2.24) is 0 Å². The first-order valence-electron chi connectivity index (χ1n) is 35.3. The Hall–Kier alpha value is -2.11. The van der Waals surface area contributed by atoms with Crippen LogP contribution in [0.5, 0.6) is 0 Å². The second kappa shape index (κ2) is 67.4. The van der Waals surface area contributed by atoms with Gasteiger partial charge in [-0.3, -0.25) is 14.4 Å². The standard InChI is InChI=1S/C72H136O6/c1-4-7-10-13-16-19-22-25-28-31-33-35-37-38-41-44-47-50-53-56-59-62-65-71(74)77-68-69(67-76-70(73)64-61-58-55-52-49-46-43-40-30-27-24-21-18-15-12-9-6-3)78-72(75)66-63-60-57-54-51-48-45-42-39-36-34-32-29-26-23-20-17-14-11-8-5-2/h27,30,32,34,69H,4-26,28-29,31,33,35-68H2,1-3H3/b30-27-,34-32-. The number of hydrogen-bond donors (Lipinski definition) is 0. The summed E-state index contributed by atoms with van der Waals surface area (Å²) in [4.78, 5) is 38.5. The fourth-order valence-corrected chi connectivity index (χ4v) is 10.8. The van der Waals surface area contributed by atoms with Crippen molar-refractivity contribution < 1.29 is 28.6 Å². The van der Waals surface area contributed by atoms with E-state index in [0.29, 0.717) is 19.3 Å². The Morgan fingerprint density at radius 2 is 0.423 bits per heavy atom. The van der Waals surface area contributed by atoms with Crippen LogP contribution in [0.2, 0.25) is 0 Å². The number of hydrogen-bond acceptors (Lipinski definition) is 6. The molecule has 0 N–H and O–H groups in total. The smallest absolute Gasteiger partial charge is 0.306 e. The van der Waals surface area contributed by atoms with Gasteiger partial charge in [0.15, 0.2) is 6.10 Å². The molecule has 0 amide bonds. The second-order valence-corrected chi connectivity index (χ2v) is 24.1. The van der Waals surface area contributed by atoms with Gasteiger partial charge in [0.2, 0.25) is 0 Å². The number of unbranched alkanes of at least 4 members (excludes halogenated alkanes) is 51. The van der Waals surface area contributed by atoms with Crippen LogP contribution in [0.4, 0.5) is 0 Å². The molecular weight excluding hydrogens is 961 g/mol. The molecule has 78 heavy (non-hydrogen) atoms. The molecular formula is C72H136O6. The summed E-state index contributed by atoms with van der Waals surface area (Å²) in [6.45, 7) is 6.72. The van der Waals surface area contributed by atoms with Crippen molar-refractivity contribution in [1.29, 1.82) is 0 Å². The molecule has 460 valence electrons. The van der Waals surface area contributed by atoms with E-state index in [1.807, 2.05) is 0 Å². The van der Waals surface area contributed by atoms with Crippen molar-refractivity contribution in [2.24, 2.45) is 0 Å². The third-order valence-corrected chi connectivity index (χ3v) is 16.2. The van der Waals surface area contributed by atoms with Crippen molar-refractivity contribution in [2.75, 3.05) is 13.2 Å². The average Bonchev–Trinajstić information content (AvgIpc) is 3.44. The van der Waals surface area contributed by atoms with Crippen LogP contribution in [-0.2, 0) is 28.6 Å². The van der Waals surface area contributed by atoms with Crippen molar-refractivity contribution in [3.63, 3.8) is 0 Å². The summed E-state index contributed by atoms with van der Waals surface area (Å²) in [5.74, 6) is -0.842. The highest BCUT2D eigenvalue weighted by Gasteiger charge is 2.19. The number of carbonyl (C=O) groups is 3. The van der Waals surface area contributed by atoms with Crippen LogP contribution < -0.4 is 0 Å². The van der Waals surface area contributed by atoms with Crippen LogP contribution in [0, 0.1) is 0 Å². The van der Waals surface area contributed by atoms with Gasteiger partial charge in [-0.1, -0.05) is 334 Å². The molecule has 0 aromatic rings. The van der Waals surface area contributed by atoms with Gasteiger partial charge in [0.25, 0.3) is 0 Å². The second-order valence-electron chi connectivity index (χ2n) is 24.1. The van der Waals surface area contributed by atoms with Crippen molar-refractivity contribution in [3.8, 4) is 0 Å². The predicted molar refractivity (Wildman–Crippen MR) is 340 cm³/mol. The van der Waals surface area contributed by atoms with Gasteiger partial charge in [-0.15, -0.1) is 0 Å². The number of esters is 3. The minimum absolute atomic E-state index is 0.0678. The van der Waals surface area contributed by atoms with E-state index in [1.165, 1.54) is 302 Å². The highest BCUT2D eigenvalue weighted by molar-refractivity contribution is 5.71. The Labute approximate surface area is 487 Å². The molecule has 0 saturated heterocycles. The summed E-state index contributed by atoms with van der Waals surface area (Å²) >= 11 is 0. The molecule has 0 aliphatic carbocycles. The van der Waals surface area contributed by atoms with Crippen LogP contribution in [0.15, 0.2) is 24.3 Å². The third kappa shape index (κ3) is 64.7. The minimum atomic E-state index is -0.772. The van der Waals surface area contributed by atoms with Crippen LogP contribution in [0.3, 0.4) is 0 Å². The molecule has 6 heteroatoms.